The molecule has 1 aliphatic carbocycles. The number of rotatable bonds is 4. The van der Waals surface area contributed by atoms with Crippen LogP contribution in [0.25, 0.3) is 0 Å². The average molecular weight is 239 g/mol. The number of hydrazine groups is 1. The van der Waals surface area contributed by atoms with E-state index in [4.69, 9.17) is 5.84 Å². The van der Waals surface area contributed by atoms with Crippen molar-refractivity contribution in [3.63, 3.8) is 0 Å². The largest absolute Gasteiger partial charge is 0.302 e. The molecule has 0 heterocycles. The van der Waals surface area contributed by atoms with Crippen molar-refractivity contribution in [2.75, 3.05) is 14.1 Å². The normalized spacial score (nSPS) is 31.4. The van der Waals surface area contributed by atoms with Crippen molar-refractivity contribution in [2.24, 2.45) is 11.8 Å². The molecular weight excluding hydrogens is 210 g/mol. The SMILES string of the molecule is CC(C)=CC(NN)C1(N(C)C)CCCC(C)C1. The van der Waals surface area contributed by atoms with Crippen molar-refractivity contribution in [2.45, 2.75) is 58.0 Å². The quantitative estimate of drug-likeness (QED) is 0.449. The second-order valence-corrected chi connectivity index (χ2v) is 6.09. The minimum absolute atomic E-state index is 0.170. The van der Waals surface area contributed by atoms with Crippen molar-refractivity contribution < 1.29 is 0 Å². The molecular formula is C14H29N3. The highest BCUT2D eigenvalue weighted by Crippen LogP contribution is 2.38. The molecule has 17 heavy (non-hydrogen) atoms. The van der Waals surface area contributed by atoms with Crippen LogP contribution in [-0.4, -0.2) is 30.6 Å². The van der Waals surface area contributed by atoms with E-state index in [1.54, 1.807) is 0 Å². The van der Waals surface area contributed by atoms with E-state index in [0.717, 1.165) is 5.92 Å². The molecule has 3 atom stereocenters. The van der Waals surface area contributed by atoms with E-state index in [0.29, 0.717) is 0 Å². The Morgan fingerprint density at radius 3 is 2.53 bits per heavy atom. The monoisotopic (exact) mass is 239 g/mol. The molecule has 1 aliphatic rings. The zero-order valence-corrected chi connectivity index (χ0v) is 12.1. The molecule has 1 fully saturated rings. The molecule has 0 aromatic carbocycles. The van der Waals surface area contributed by atoms with Crippen molar-refractivity contribution >= 4 is 0 Å². The summed E-state index contributed by atoms with van der Waals surface area (Å²) in [5.74, 6) is 6.58. The highest BCUT2D eigenvalue weighted by Gasteiger charge is 2.42. The average Bonchev–Trinajstić information content (AvgIpc) is 2.25. The molecule has 3 nitrogen and oxygen atoms in total. The van der Waals surface area contributed by atoms with E-state index < -0.39 is 0 Å². The third kappa shape index (κ3) is 3.30. The summed E-state index contributed by atoms with van der Waals surface area (Å²) >= 11 is 0. The van der Waals surface area contributed by atoms with Gasteiger partial charge in [0, 0.05) is 5.54 Å². The molecule has 0 saturated heterocycles. The standard InChI is InChI=1S/C14H29N3/c1-11(2)9-13(16-15)14(17(4)5)8-6-7-12(3)10-14/h9,12-13,16H,6-8,10,15H2,1-5H3. The predicted octanol–water partition coefficient (Wildman–Crippen LogP) is 2.29. The Balaban J connectivity index is 3.00. The zero-order chi connectivity index (χ0) is 13.1. The molecule has 3 heteroatoms. The number of hydrogen-bond donors (Lipinski definition) is 2. The Morgan fingerprint density at radius 2 is 2.12 bits per heavy atom. The topological polar surface area (TPSA) is 41.3 Å². The van der Waals surface area contributed by atoms with Crippen LogP contribution in [0.5, 0.6) is 0 Å². The third-order valence-electron chi connectivity index (χ3n) is 4.16. The van der Waals surface area contributed by atoms with Gasteiger partial charge in [-0.05, 0) is 46.7 Å². The molecule has 3 N–H and O–H groups in total. The summed E-state index contributed by atoms with van der Waals surface area (Å²) in [7, 11) is 4.36. The number of nitrogens with one attached hydrogen (secondary N) is 1. The summed E-state index contributed by atoms with van der Waals surface area (Å²) in [6, 6.07) is 0.241. The van der Waals surface area contributed by atoms with Gasteiger partial charge in [0.1, 0.15) is 0 Å². The number of nitrogens with two attached hydrogens (primary N) is 1. The molecule has 0 bridgehead atoms. The van der Waals surface area contributed by atoms with Gasteiger partial charge < -0.3 is 4.90 Å². The lowest BCUT2D eigenvalue weighted by molar-refractivity contribution is 0.0523. The molecule has 1 rings (SSSR count). The maximum Gasteiger partial charge on any atom is 0.0577 e. The fourth-order valence-electron chi connectivity index (χ4n) is 3.22. The molecule has 0 spiro atoms. The number of hydrogen-bond acceptors (Lipinski definition) is 3. The first-order chi connectivity index (χ1) is 7.92. The van der Waals surface area contributed by atoms with Crippen LogP contribution in [0.4, 0.5) is 0 Å². The summed E-state index contributed by atoms with van der Waals surface area (Å²) in [6.07, 6.45) is 7.37. The predicted molar refractivity (Wildman–Crippen MR) is 74.6 cm³/mol. The van der Waals surface area contributed by atoms with E-state index in [2.05, 4.69) is 51.3 Å². The molecule has 1 saturated carbocycles. The fraction of sp³-hybridized carbons (Fsp3) is 0.857. The summed E-state index contributed by atoms with van der Waals surface area (Å²) in [6.45, 7) is 6.63. The van der Waals surface area contributed by atoms with Crippen LogP contribution in [0, 0.1) is 5.92 Å². The van der Waals surface area contributed by atoms with Gasteiger partial charge in [-0.1, -0.05) is 31.4 Å². The lowest BCUT2D eigenvalue weighted by Crippen LogP contribution is -2.61. The van der Waals surface area contributed by atoms with Gasteiger partial charge in [0.25, 0.3) is 0 Å². The Kier molecular flexibility index (Phi) is 5.17. The van der Waals surface area contributed by atoms with Crippen LogP contribution in [0.2, 0.25) is 0 Å². The van der Waals surface area contributed by atoms with E-state index in [1.807, 2.05) is 0 Å². The van der Waals surface area contributed by atoms with Crippen LogP contribution in [0.15, 0.2) is 11.6 Å². The van der Waals surface area contributed by atoms with Gasteiger partial charge in [0.15, 0.2) is 0 Å². The highest BCUT2D eigenvalue weighted by molar-refractivity contribution is 5.13. The van der Waals surface area contributed by atoms with E-state index in [1.165, 1.54) is 31.3 Å². The van der Waals surface area contributed by atoms with Gasteiger partial charge in [-0.25, -0.2) is 0 Å². The molecule has 3 unspecified atom stereocenters. The Labute approximate surface area is 106 Å². The van der Waals surface area contributed by atoms with Gasteiger partial charge in [-0.15, -0.1) is 0 Å². The first-order valence-corrected chi connectivity index (χ1v) is 6.71. The lowest BCUT2D eigenvalue weighted by Gasteiger charge is -2.49. The molecule has 0 aliphatic heterocycles. The zero-order valence-electron chi connectivity index (χ0n) is 12.1. The summed E-state index contributed by atoms with van der Waals surface area (Å²) < 4.78 is 0. The maximum absolute atomic E-state index is 5.80. The van der Waals surface area contributed by atoms with Crippen LogP contribution in [0.3, 0.4) is 0 Å². The Hall–Kier alpha value is -0.380. The van der Waals surface area contributed by atoms with Gasteiger partial charge >= 0.3 is 0 Å². The summed E-state index contributed by atoms with van der Waals surface area (Å²) in [5, 5.41) is 0. The van der Waals surface area contributed by atoms with Crippen molar-refractivity contribution in [3.05, 3.63) is 11.6 Å². The Bertz CT molecular complexity index is 269. The fourth-order valence-corrected chi connectivity index (χ4v) is 3.22. The molecule has 0 aromatic heterocycles. The number of nitrogens with zero attached hydrogens (tertiary/aromatic N) is 1. The molecule has 0 amide bonds. The highest BCUT2D eigenvalue weighted by atomic mass is 15.3. The minimum Gasteiger partial charge on any atom is -0.302 e. The minimum atomic E-state index is 0.170. The molecule has 0 radical (unpaired) electrons. The van der Waals surface area contributed by atoms with Crippen LogP contribution < -0.4 is 11.3 Å². The first-order valence-electron chi connectivity index (χ1n) is 6.71. The van der Waals surface area contributed by atoms with Crippen LogP contribution in [0.1, 0.15) is 46.5 Å². The molecule has 0 aromatic rings. The van der Waals surface area contributed by atoms with E-state index in [-0.39, 0.29) is 11.6 Å². The van der Waals surface area contributed by atoms with E-state index in [9.17, 15) is 0 Å². The maximum atomic E-state index is 5.80. The van der Waals surface area contributed by atoms with Gasteiger partial charge in [-0.2, -0.15) is 0 Å². The van der Waals surface area contributed by atoms with Gasteiger partial charge in [0.2, 0.25) is 0 Å². The third-order valence-corrected chi connectivity index (χ3v) is 4.16. The molecule has 100 valence electrons. The van der Waals surface area contributed by atoms with Crippen molar-refractivity contribution in [3.8, 4) is 0 Å². The van der Waals surface area contributed by atoms with Crippen molar-refractivity contribution in [1.29, 1.82) is 0 Å². The van der Waals surface area contributed by atoms with Crippen LogP contribution in [-0.2, 0) is 0 Å². The second kappa shape index (κ2) is 5.98. The lowest BCUT2D eigenvalue weighted by atomic mass is 9.71. The number of likely N-dealkylation sites (N-methyl/N-ethyl adjacent to an activating group) is 1. The smallest absolute Gasteiger partial charge is 0.0577 e. The Morgan fingerprint density at radius 1 is 1.47 bits per heavy atom. The summed E-state index contributed by atoms with van der Waals surface area (Å²) in [4.78, 5) is 2.37. The van der Waals surface area contributed by atoms with Gasteiger partial charge in [0.05, 0.1) is 6.04 Å². The van der Waals surface area contributed by atoms with Crippen molar-refractivity contribution in [1.82, 2.24) is 10.3 Å². The number of allylic oxidation sites excluding steroid dienone is 1. The summed E-state index contributed by atoms with van der Waals surface area (Å²) in [5.41, 5.74) is 4.52. The van der Waals surface area contributed by atoms with Crippen LogP contribution >= 0.6 is 0 Å². The second-order valence-electron chi connectivity index (χ2n) is 6.09. The van der Waals surface area contributed by atoms with Gasteiger partial charge in [-0.3, -0.25) is 11.3 Å². The van der Waals surface area contributed by atoms with E-state index >= 15 is 0 Å². The first kappa shape index (κ1) is 14.7.